The molecule has 0 spiro atoms. The van der Waals surface area contributed by atoms with Gasteiger partial charge in [0.15, 0.2) is 0 Å². The second-order valence-corrected chi connectivity index (χ2v) is 4.17. The molecule has 2 aliphatic rings. The van der Waals surface area contributed by atoms with E-state index in [1.54, 1.807) is 0 Å². The van der Waals surface area contributed by atoms with Gasteiger partial charge in [0.25, 0.3) is 5.92 Å². The Kier molecular flexibility index (Phi) is 2.28. The van der Waals surface area contributed by atoms with Gasteiger partial charge in [-0.05, 0) is 12.8 Å². The number of aliphatic hydroxyl groups is 1. The first-order valence-electron chi connectivity index (χ1n) is 4.87. The fourth-order valence-electron chi connectivity index (χ4n) is 2.07. The molecule has 0 aromatic rings. The van der Waals surface area contributed by atoms with Crippen molar-refractivity contribution in [1.29, 1.82) is 0 Å². The molecule has 2 rings (SSSR count). The fourth-order valence-corrected chi connectivity index (χ4v) is 2.07. The van der Waals surface area contributed by atoms with Gasteiger partial charge in [0.1, 0.15) is 0 Å². The van der Waals surface area contributed by atoms with Gasteiger partial charge in [0.2, 0.25) is 0 Å². The highest BCUT2D eigenvalue weighted by Gasteiger charge is 2.39. The number of nitrogens with zero attached hydrogens (tertiary/aromatic N) is 1. The summed E-state index contributed by atoms with van der Waals surface area (Å²) in [6, 6.07) is 0.367. The van der Waals surface area contributed by atoms with Gasteiger partial charge in [-0.1, -0.05) is 0 Å². The van der Waals surface area contributed by atoms with Crippen LogP contribution in [0.4, 0.5) is 8.78 Å². The molecule has 0 unspecified atom stereocenters. The van der Waals surface area contributed by atoms with E-state index in [4.69, 9.17) is 5.11 Å². The molecule has 1 N–H and O–H groups in total. The van der Waals surface area contributed by atoms with E-state index in [0.29, 0.717) is 19.1 Å². The molecular formula is C9H15F2NO. The van der Waals surface area contributed by atoms with E-state index in [1.165, 1.54) is 0 Å². The van der Waals surface area contributed by atoms with Gasteiger partial charge in [0.05, 0.1) is 6.10 Å². The quantitative estimate of drug-likeness (QED) is 0.674. The summed E-state index contributed by atoms with van der Waals surface area (Å²) in [6.07, 6.45) is 1.32. The minimum atomic E-state index is -2.45. The van der Waals surface area contributed by atoms with Crippen LogP contribution < -0.4 is 0 Å². The van der Waals surface area contributed by atoms with E-state index in [0.717, 1.165) is 12.8 Å². The van der Waals surface area contributed by atoms with Crippen LogP contribution in [0.3, 0.4) is 0 Å². The van der Waals surface area contributed by atoms with Crippen molar-refractivity contribution in [2.75, 3.05) is 13.1 Å². The lowest BCUT2D eigenvalue weighted by Crippen LogP contribution is -2.51. The van der Waals surface area contributed by atoms with Crippen LogP contribution in [0.1, 0.15) is 25.7 Å². The number of rotatable bonds is 1. The summed E-state index contributed by atoms with van der Waals surface area (Å²) in [5.41, 5.74) is 0. The second-order valence-electron chi connectivity index (χ2n) is 4.17. The lowest BCUT2D eigenvalue weighted by Gasteiger charge is -2.43. The molecule has 0 amide bonds. The van der Waals surface area contributed by atoms with Gasteiger partial charge < -0.3 is 5.11 Å². The number of aliphatic hydroxyl groups excluding tert-OH is 1. The van der Waals surface area contributed by atoms with Crippen LogP contribution in [-0.4, -0.2) is 41.2 Å². The Hall–Kier alpha value is -0.220. The normalized spacial score (nSPS) is 39.9. The molecule has 0 aromatic heterocycles. The average molecular weight is 191 g/mol. The summed E-state index contributed by atoms with van der Waals surface area (Å²) in [4.78, 5) is 2.09. The van der Waals surface area contributed by atoms with Crippen LogP contribution in [0.25, 0.3) is 0 Å². The van der Waals surface area contributed by atoms with Crippen molar-refractivity contribution in [2.45, 2.75) is 43.8 Å². The molecule has 1 aliphatic heterocycles. The Morgan fingerprint density at radius 3 is 2.15 bits per heavy atom. The van der Waals surface area contributed by atoms with Gasteiger partial charge in [-0.15, -0.1) is 0 Å². The molecule has 1 aliphatic carbocycles. The van der Waals surface area contributed by atoms with E-state index >= 15 is 0 Å². The number of piperidine rings is 1. The van der Waals surface area contributed by atoms with Gasteiger partial charge in [-0.2, -0.15) is 0 Å². The summed E-state index contributed by atoms with van der Waals surface area (Å²) in [6.45, 7) is 0.981. The first-order chi connectivity index (χ1) is 6.07. The first-order valence-corrected chi connectivity index (χ1v) is 4.87. The van der Waals surface area contributed by atoms with Crippen molar-refractivity contribution in [1.82, 2.24) is 4.90 Å². The van der Waals surface area contributed by atoms with Crippen molar-refractivity contribution in [3.05, 3.63) is 0 Å². The molecular weight excluding hydrogens is 176 g/mol. The summed E-state index contributed by atoms with van der Waals surface area (Å²) in [7, 11) is 0. The number of hydrogen-bond acceptors (Lipinski definition) is 2. The van der Waals surface area contributed by atoms with Crippen molar-refractivity contribution in [2.24, 2.45) is 0 Å². The van der Waals surface area contributed by atoms with E-state index in [-0.39, 0.29) is 18.9 Å². The molecule has 0 atom stereocenters. The molecule has 13 heavy (non-hydrogen) atoms. The zero-order chi connectivity index (χ0) is 9.47. The maximum absolute atomic E-state index is 12.8. The number of halogens is 2. The number of likely N-dealkylation sites (tertiary alicyclic amines) is 1. The van der Waals surface area contributed by atoms with Crippen LogP contribution in [-0.2, 0) is 0 Å². The molecule has 1 saturated carbocycles. The SMILES string of the molecule is OC1CC(N2CCC(F)(F)CC2)C1. The van der Waals surface area contributed by atoms with Gasteiger partial charge in [0, 0.05) is 32.0 Å². The molecule has 2 fully saturated rings. The monoisotopic (exact) mass is 191 g/mol. The molecule has 0 bridgehead atoms. The van der Waals surface area contributed by atoms with Crippen LogP contribution >= 0.6 is 0 Å². The van der Waals surface area contributed by atoms with Crippen LogP contribution in [0.5, 0.6) is 0 Å². The van der Waals surface area contributed by atoms with E-state index < -0.39 is 5.92 Å². The summed E-state index contributed by atoms with van der Waals surface area (Å²) < 4.78 is 25.5. The minimum Gasteiger partial charge on any atom is -0.393 e. The van der Waals surface area contributed by atoms with Gasteiger partial charge in [-0.3, -0.25) is 4.90 Å². The topological polar surface area (TPSA) is 23.5 Å². The third kappa shape index (κ3) is 1.99. The third-order valence-corrected chi connectivity index (χ3v) is 3.13. The van der Waals surface area contributed by atoms with Crippen LogP contribution in [0.2, 0.25) is 0 Å². The second kappa shape index (κ2) is 3.17. The van der Waals surface area contributed by atoms with Gasteiger partial charge in [-0.25, -0.2) is 8.78 Å². The van der Waals surface area contributed by atoms with Crippen molar-refractivity contribution < 1.29 is 13.9 Å². The smallest absolute Gasteiger partial charge is 0.250 e. The Bertz CT molecular complexity index is 182. The van der Waals surface area contributed by atoms with E-state index in [1.807, 2.05) is 0 Å². The summed E-state index contributed by atoms with van der Waals surface area (Å²) in [5, 5.41) is 9.08. The van der Waals surface area contributed by atoms with E-state index in [9.17, 15) is 8.78 Å². The first kappa shape index (κ1) is 9.34. The predicted molar refractivity (Wildman–Crippen MR) is 44.8 cm³/mol. The fraction of sp³-hybridized carbons (Fsp3) is 1.00. The Morgan fingerprint density at radius 2 is 1.69 bits per heavy atom. The van der Waals surface area contributed by atoms with Crippen LogP contribution in [0, 0.1) is 0 Å². The molecule has 4 heteroatoms. The predicted octanol–water partition coefficient (Wildman–Crippen LogP) is 1.24. The Labute approximate surface area is 76.5 Å². The third-order valence-electron chi connectivity index (χ3n) is 3.13. The average Bonchev–Trinajstić information content (AvgIpc) is 2.00. The lowest BCUT2D eigenvalue weighted by atomic mass is 9.86. The molecule has 76 valence electrons. The van der Waals surface area contributed by atoms with E-state index in [2.05, 4.69) is 4.90 Å². The zero-order valence-electron chi connectivity index (χ0n) is 7.55. The largest absolute Gasteiger partial charge is 0.393 e. The summed E-state index contributed by atoms with van der Waals surface area (Å²) in [5.74, 6) is -2.45. The van der Waals surface area contributed by atoms with Gasteiger partial charge >= 0.3 is 0 Å². The highest BCUT2D eigenvalue weighted by atomic mass is 19.3. The molecule has 1 heterocycles. The highest BCUT2D eigenvalue weighted by molar-refractivity contribution is 4.90. The maximum Gasteiger partial charge on any atom is 0.250 e. The zero-order valence-corrected chi connectivity index (χ0v) is 7.55. The standard InChI is InChI=1S/C9H15F2NO/c10-9(11)1-3-12(4-2-9)7-5-8(13)6-7/h7-8,13H,1-6H2. The maximum atomic E-state index is 12.8. The lowest BCUT2D eigenvalue weighted by molar-refractivity contribution is -0.0840. The number of alkyl halides is 2. The van der Waals surface area contributed by atoms with Crippen LogP contribution in [0.15, 0.2) is 0 Å². The molecule has 1 saturated heterocycles. The number of hydrogen-bond donors (Lipinski definition) is 1. The van der Waals surface area contributed by atoms with Crippen molar-refractivity contribution >= 4 is 0 Å². The molecule has 2 nitrogen and oxygen atoms in total. The molecule has 0 radical (unpaired) electrons. The summed E-state index contributed by atoms with van der Waals surface area (Å²) >= 11 is 0. The van der Waals surface area contributed by atoms with Crippen molar-refractivity contribution in [3.8, 4) is 0 Å². The Balaban J connectivity index is 1.79. The highest BCUT2D eigenvalue weighted by Crippen LogP contribution is 2.33. The molecule has 0 aromatic carbocycles. The Morgan fingerprint density at radius 1 is 1.15 bits per heavy atom. The minimum absolute atomic E-state index is 0.0143. The van der Waals surface area contributed by atoms with Crippen molar-refractivity contribution in [3.63, 3.8) is 0 Å².